The molecule has 0 bridgehead atoms. The number of aryl methyl sites for hydroxylation is 1. The average molecular weight is 244 g/mol. The lowest BCUT2D eigenvalue weighted by molar-refractivity contribution is 0.472. The highest BCUT2D eigenvalue weighted by Crippen LogP contribution is 2.32. The van der Waals surface area contributed by atoms with Crippen LogP contribution in [0.25, 0.3) is 5.65 Å². The summed E-state index contributed by atoms with van der Waals surface area (Å²) in [5.74, 6) is 0.429. The molecule has 0 aromatic carbocycles. The van der Waals surface area contributed by atoms with Gasteiger partial charge in [0.1, 0.15) is 0 Å². The number of nitrogens with zero attached hydrogens (tertiary/aromatic N) is 2. The number of hydrogen-bond donors (Lipinski definition) is 1. The highest BCUT2D eigenvalue weighted by Gasteiger charge is 2.21. The van der Waals surface area contributed by atoms with Crippen molar-refractivity contribution in [1.82, 2.24) is 9.38 Å². The van der Waals surface area contributed by atoms with Gasteiger partial charge in [0.2, 0.25) is 0 Å². The maximum absolute atomic E-state index is 12.4. The van der Waals surface area contributed by atoms with Crippen LogP contribution in [-0.2, 0) is 0 Å². The second-order valence-electron chi connectivity index (χ2n) is 5.04. The third kappa shape index (κ3) is 1.60. The lowest BCUT2D eigenvalue weighted by Gasteiger charge is -2.11. The first kappa shape index (κ1) is 11.3. The minimum absolute atomic E-state index is 0.0396. The van der Waals surface area contributed by atoms with Crippen LogP contribution >= 0.6 is 0 Å². The Hall–Kier alpha value is -1.84. The van der Waals surface area contributed by atoms with Crippen LogP contribution in [0.2, 0.25) is 0 Å². The molecule has 0 aliphatic heterocycles. The zero-order chi connectivity index (χ0) is 12.7. The molecule has 4 nitrogen and oxygen atoms in total. The summed E-state index contributed by atoms with van der Waals surface area (Å²) in [4.78, 5) is 16.7. The molecule has 0 saturated heterocycles. The Kier molecular flexibility index (Phi) is 2.58. The van der Waals surface area contributed by atoms with Crippen molar-refractivity contribution in [2.24, 2.45) is 0 Å². The number of fused-ring (bicyclic) bond motifs is 1. The van der Waals surface area contributed by atoms with E-state index in [0.29, 0.717) is 11.6 Å². The van der Waals surface area contributed by atoms with Crippen molar-refractivity contribution >= 4 is 5.65 Å². The van der Waals surface area contributed by atoms with E-state index in [1.165, 1.54) is 17.2 Å². The smallest absolute Gasteiger partial charge is 0.261 e. The van der Waals surface area contributed by atoms with E-state index < -0.39 is 0 Å². The molecule has 0 unspecified atom stereocenters. The molecule has 94 valence electrons. The van der Waals surface area contributed by atoms with Crippen molar-refractivity contribution < 1.29 is 5.11 Å². The van der Waals surface area contributed by atoms with Crippen LogP contribution in [-0.4, -0.2) is 14.5 Å². The van der Waals surface area contributed by atoms with E-state index in [2.05, 4.69) is 4.98 Å². The van der Waals surface area contributed by atoms with Gasteiger partial charge in [-0.15, -0.1) is 0 Å². The van der Waals surface area contributed by atoms with Gasteiger partial charge in [0, 0.05) is 18.0 Å². The van der Waals surface area contributed by atoms with Crippen molar-refractivity contribution in [3.05, 3.63) is 39.9 Å². The first-order valence-electron chi connectivity index (χ1n) is 6.38. The van der Waals surface area contributed by atoms with E-state index in [4.69, 9.17) is 0 Å². The summed E-state index contributed by atoms with van der Waals surface area (Å²) in [5, 5.41) is 9.92. The van der Waals surface area contributed by atoms with E-state index in [1.54, 1.807) is 25.4 Å². The summed E-state index contributed by atoms with van der Waals surface area (Å²) in [6.07, 6.45) is 7.85. The van der Waals surface area contributed by atoms with Gasteiger partial charge < -0.3 is 5.11 Å². The monoisotopic (exact) mass is 244 g/mol. The van der Waals surface area contributed by atoms with Crippen LogP contribution in [0, 0.1) is 6.92 Å². The molecule has 18 heavy (non-hydrogen) atoms. The maximum Gasteiger partial charge on any atom is 0.261 e. The molecule has 1 aliphatic rings. The predicted molar refractivity (Wildman–Crippen MR) is 69.1 cm³/mol. The third-order valence-corrected chi connectivity index (χ3v) is 3.87. The summed E-state index contributed by atoms with van der Waals surface area (Å²) in [5.41, 5.74) is 1.83. The Labute approximate surface area is 105 Å². The van der Waals surface area contributed by atoms with Crippen molar-refractivity contribution in [2.45, 2.75) is 38.5 Å². The van der Waals surface area contributed by atoms with Gasteiger partial charge in [-0.05, 0) is 37.3 Å². The zero-order valence-electron chi connectivity index (χ0n) is 10.4. The zero-order valence-corrected chi connectivity index (χ0v) is 10.4. The van der Waals surface area contributed by atoms with Crippen molar-refractivity contribution in [3.8, 4) is 5.75 Å². The fourth-order valence-corrected chi connectivity index (χ4v) is 2.76. The number of aromatic hydroxyl groups is 1. The number of hydrogen-bond acceptors (Lipinski definition) is 3. The number of aromatic nitrogens is 2. The molecule has 0 spiro atoms. The molecule has 2 heterocycles. The third-order valence-electron chi connectivity index (χ3n) is 3.87. The molecule has 0 radical (unpaired) electrons. The van der Waals surface area contributed by atoms with Crippen molar-refractivity contribution in [2.75, 3.05) is 0 Å². The summed E-state index contributed by atoms with van der Waals surface area (Å²) < 4.78 is 1.45. The molecule has 2 aromatic heterocycles. The largest absolute Gasteiger partial charge is 0.504 e. The molecule has 0 atom stereocenters. The van der Waals surface area contributed by atoms with Gasteiger partial charge in [-0.3, -0.25) is 9.20 Å². The minimum atomic E-state index is -0.0396. The Morgan fingerprint density at radius 2 is 2.11 bits per heavy atom. The fraction of sp³-hybridized carbons (Fsp3) is 0.429. The predicted octanol–water partition coefficient (Wildman–Crippen LogP) is 2.37. The topological polar surface area (TPSA) is 54.6 Å². The maximum atomic E-state index is 12.4. The first-order chi connectivity index (χ1) is 8.68. The molecule has 1 fully saturated rings. The Morgan fingerprint density at radius 3 is 2.83 bits per heavy atom. The molecule has 1 saturated carbocycles. The number of rotatable bonds is 1. The van der Waals surface area contributed by atoms with Gasteiger partial charge in [0.15, 0.2) is 11.4 Å². The van der Waals surface area contributed by atoms with Crippen molar-refractivity contribution in [1.29, 1.82) is 0 Å². The van der Waals surface area contributed by atoms with Gasteiger partial charge in [0.25, 0.3) is 5.56 Å². The van der Waals surface area contributed by atoms with Gasteiger partial charge >= 0.3 is 0 Å². The second kappa shape index (κ2) is 4.12. The summed E-state index contributed by atoms with van der Waals surface area (Å²) in [7, 11) is 0. The highest BCUT2D eigenvalue weighted by atomic mass is 16.3. The van der Waals surface area contributed by atoms with E-state index in [0.717, 1.165) is 24.0 Å². The SMILES string of the molecule is Cc1ccn2c(=O)c(C3CCCC3)cnc2c1O. The minimum Gasteiger partial charge on any atom is -0.504 e. The first-order valence-corrected chi connectivity index (χ1v) is 6.38. The van der Waals surface area contributed by atoms with Crippen LogP contribution in [0.15, 0.2) is 23.3 Å². The molecule has 2 aromatic rings. The van der Waals surface area contributed by atoms with Crippen LogP contribution in [0.4, 0.5) is 0 Å². The Morgan fingerprint density at radius 1 is 1.39 bits per heavy atom. The van der Waals surface area contributed by atoms with Gasteiger partial charge in [0.05, 0.1) is 0 Å². The molecule has 3 rings (SSSR count). The highest BCUT2D eigenvalue weighted by molar-refractivity contribution is 5.56. The number of pyridine rings is 1. The van der Waals surface area contributed by atoms with E-state index in [-0.39, 0.29) is 11.3 Å². The summed E-state index contributed by atoms with van der Waals surface area (Å²) in [6, 6.07) is 1.74. The van der Waals surface area contributed by atoms with Gasteiger partial charge in [-0.1, -0.05) is 12.8 Å². The van der Waals surface area contributed by atoms with Gasteiger partial charge in [-0.25, -0.2) is 4.98 Å². The van der Waals surface area contributed by atoms with Crippen LogP contribution in [0.5, 0.6) is 5.75 Å². The second-order valence-corrected chi connectivity index (χ2v) is 5.04. The lowest BCUT2D eigenvalue weighted by Crippen LogP contribution is -2.21. The van der Waals surface area contributed by atoms with E-state index >= 15 is 0 Å². The summed E-state index contributed by atoms with van der Waals surface area (Å²) in [6.45, 7) is 1.80. The lowest BCUT2D eigenvalue weighted by atomic mass is 10.0. The molecule has 1 N–H and O–H groups in total. The average Bonchev–Trinajstić information content (AvgIpc) is 2.88. The Bertz CT molecular complexity index is 655. The van der Waals surface area contributed by atoms with E-state index in [9.17, 15) is 9.90 Å². The molecular formula is C14H16N2O2. The molecule has 0 amide bonds. The van der Waals surface area contributed by atoms with Gasteiger partial charge in [-0.2, -0.15) is 0 Å². The Balaban J connectivity index is 2.23. The normalized spacial score (nSPS) is 16.5. The molecular weight excluding hydrogens is 228 g/mol. The fourth-order valence-electron chi connectivity index (χ4n) is 2.76. The van der Waals surface area contributed by atoms with Crippen LogP contribution < -0.4 is 5.56 Å². The van der Waals surface area contributed by atoms with Crippen molar-refractivity contribution in [3.63, 3.8) is 0 Å². The standard InChI is InChI=1S/C14H16N2O2/c1-9-6-7-16-13(12(9)17)15-8-11(14(16)18)10-4-2-3-5-10/h6-8,10,17H,2-5H2,1H3. The quantitative estimate of drug-likeness (QED) is 0.837. The molecule has 1 aliphatic carbocycles. The molecule has 4 heteroatoms. The summed E-state index contributed by atoms with van der Waals surface area (Å²) >= 11 is 0. The van der Waals surface area contributed by atoms with Crippen LogP contribution in [0.3, 0.4) is 0 Å². The van der Waals surface area contributed by atoms with E-state index in [1.807, 2.05) is 0 Å². The van der Waals surface area contributed by atoms with Crippen LogP contribution in [0.1, 0.15) is 42.7 Å².